The van der Waals surface area contributed by atoms with Crippen LogP contribution in [0.5, 0.6) is 0 Å². The lowest BCUT2D eigenvalue weighted by atomic mass is 9.84. The van der Waals surface area contributed by atoms with E-state index in [2.05, 4.69) is 26.0 Å². The number of nitrogens with two attached hydrogens (primary N) is 1. The number of halogens is 3. The Morgan fingerprint density at radius 3 is 2.36 bits per heavy atom. The van der Waals surface area contributed by atoms with Gasteiger partial charge in [-0.1, -0.05) is 55.7 Å². The molecule has 4 N–H and O–H groups in total. The zero-order chi connectivity index (χ0) is 31.7. The number of nitrogens with zero attached hydrogens (tertiary/aromatic N) is 4. The Bertz CT molecular complexity index is 1430. The van der Waals surface area contributed by atoms with E-state index in [1.54, 1.807) is 42.2 Å². The lowest BCUT2D eigenvalue weighted by molar-refractivity contribution is -0.0321. The Labute approximate surface area is 258 Å². The van der Waals surface area contributed by atoms with Crippen LogP contribution in [0.25, 0.3) is 0 Å². The minimum Gasteiger partial charge on any atom is -0.329 e. The summed E-state index contributed by atoms with van der Waals surface area (Å²) in [5.74, 6) is 5.09. The highest BCUT2D eigenvalue weighted by molar-refractivity contribution is 8.04. The number of hydrogen-bond donors (Lipinski definition) is 3. The Morgan fingerprint density at radius 1 is 1.07 bits per heavy atom. The van der Waals surface area contributed by atoms with Crippen LogP contribution in [0.2, 0.25) is 0 Å². The normalized spacial score (nSPS) is 19.5. The van der Waals surface area contributed by atoms with Crippen molar-refractivity contribution in [2.24, 2.45) is 21.2 Å². The molecule has 0 aromatic heterocycles. The van der Waals surface area contributed by atoms with E-state index in [4.69, 9.17) is 5.84 Å². The number of hydrazone groups is 1. The zero-order valence-corrected chi connectivity index (χ0v) is 25.4. The molecule has 0 heterocycles. The fraction of sp³-hybridized carbons (Fsp3) is 0.387. The number of nitrogens with one attached hydrogen (secondary N) is 2. The van der Waals surface area contributed by atoms with Crippen LogP contribution in [0.1, 0.15) is 72.9 Å². The van der Waals surface area contributed by atoms with Gasteiger partial charge in [0.2, 0.25) is 0 Å². The van der Waals surface area contributed by atoms with Crippen LogP contribution in [0.3, 0.4) is 0 Å². The summed E-state index contributed by atoms with van der Waals surface area (Å²) in [6, 6.07) is 14.1. The van der Waals surface area contributed by atoms with Crippen LogP contribution >= 0.6 is 11.8 Å². The molecule has 2 aliphatic carbocycles. The molecule has 0 aliphatic heterocycles. The predicted octanol–water partition coefficient (Wildman–Crippen LogP) is 7.35. The van der Waals surface area contributed by atoms with Gasteiger partial charge in [0.15, 0.2) is 0 Å². The number of alkyl halides is 3. The number of allylic oxidation sites excluding steroid dienone is 1. The van der Waals surface area contributed by atoms with Crippen molar-refractivity contribution in [1.29, 1.82) is 0 Å². The molecular weight excluding hydrogens is 591 g/mol. The topological polar surface area (TPSA) is 125 Å². The Morgan fingerprint density at radius 2 is 1.75 bits per heavy atom. The largest absolute Gasteiger partial charge is 0.446 e. The van der Waals surface area contributed by atoms with E-state index in [1.165, 1.54) is 44.0 Å². The highest BCUT2D eigenvalue weighted by Gasteiger charge is 2.34. The third-order valence-corrected chi connectivity index (χ3v) is 8.26. The van der Waals surface area contributed by atoms with E-state index >= 15 is 0 Å². The Balaban J connectivity index is 1.56. The highest BCUT2D eigenvalue weighted by atomic mass is 32.2. The van der Waals surface area contributed by atoms with Crippen molar-refractivity contribution in [3.05, 3.63) is 88.4 Å². The average molecular weight is 628 g/mol. The number of benzene rings is 2. The van der Waals surface area contributed by atoms with Gasteiger partial charge in [-0.25, -0.2) is 4.79 Å². The number of rotatable bonds is 7. The molecular formula is C31H36F3N7O2S. The SMILES string of the molecule is CN=NC(=NN)NC(=O)c1ccc(CN(C(=O)NC2(C)C=C(SC(F)(F)F)C=CC2)c2ccc(C3CCCCC3)cc2)cc1. The number of anilines is 1. The molecule has 2 aliphatic rings. The number of urea groups is 1. The molecule has 2 aromatic rings. The van der Waals surface area contributed by atoms with Crippen LogP contribution in [-0.4, -0.2) is 36.0 Å². The fourth-order valence-electron chi connectivity index (χ4n) is 5.38. The molecule has 0 radical (unpaired) electrons. The number of carbonyl (C=O) groups is 2. The molecule has 0 saturated heterocycles. The van der Waals surface area contributed by atoms with E-state index in [0.29, 0.717) is 23.6 Å². The Kier molecular flexibility index (Phi) is 10.8. The highest BCUT2D eigenvalue weighted by Crippen LogP contribution is 2.40. The van der Waals surface area contributed by atoms with Crippen molar-refractivity contribution >= 4 is 35.3 Å². The van der Waals surface area contributed by atoms with Gasteiger partial charge >= 0.3 is 11.5 Å². The van der Waals surface area contributed by atoms with Crippen molar-refractivity contribution in [2.75, 3.05) is 11.9 Å². The molecule has 3 amide bonds. The number of amides is 3. The van der Waals surface area contributed by atoms with Crippen molar-refractivity contribution < 1.29 is 22.8 Å². The molecule has 4 rings (SSSR count). The van der Waals surface area contributed by atoms with E-state index in [1.807, 2.05) is 24.3 Å². The summed E-state index contributed by atoms with van der Waals surface area (Å²) < 4.78 is 39.2. The zero-order valence-electron chi connectivity index (χ0n) is 24.6. The second-order valence-corrected chi connectivity index (χ2v) is 12.1. The van der Waals surface area contributed by atoms with Gasteiger partial charge in [0, 0.05) is 23.2 Å². The minimum atomic E-state index is -4.44. The van der Waals surface area contributed by atoms with Crippen LogP contribution in [0.15, 0.2) is 87.0 Å². The van der Waals surface area contributed by atoms with Crippen molar-refractivity contribution in [1.82, 2.24) is 10.6 Å². The first-order valence-electron chi connectivity index (χ1n) is 14.3. The van der Waals surface area contributed by atoms with Crippen LogP contribution in [0.4, 0.5) is 23.7 Å². The lowest BCUT2D eigenvalue weighted by Crippen LogP contribution is -2.51. The third-order valence-electron chi connectivity index (χ3n) is 7.54. The maximum Gasteiger partial charge on any atom is 0.446 e. The standard InChI is InChI=1S/C31H36F3N7O2S/c1-30(18-6-9-26(19-30)44-31(32,33)34)38-29(43)41(25-16-14-23(15-17-25)22-7-4-3-5-8-22)20-21-10-12-24(13-11-21)27(42)37-28(39-35)40-36-2/h6,9-17,19,22H,3-5,7-8,18,20,35H2,1-2H3,(H,38,43)(H,37,39,42). The van der Waals surface area contributed by atoms with E-state index < -0.39 is 23.0 Å². The molecule has 2 aromatic carbocycles. The molecule has 234 valence electrons. The fourth-order valence-corrected chi connectivity index (χ4v) is 6.13. The quantitative estimate of drug-likeness (QED) is 0.0976. The monoisotopic (exact) mass is 627 g/mol. The molecule has 9 nitrogen and oxygen atoms in total. The Hall–Kier alpha value is -4.13. The van der Waals surface area contributed by atoms with Gasteiger partial charge in [-0.3, -0.25) is 15.0 Å². The molecule has 0 spiro atoms. The van der Waals surface area contributed by atoms with E-state index in [0.717, 1.165) is 18.4 Å². The summed E-state index contributed by atoms with van der Waals surface area (Å²) in [5.41, 5.74) is -2.55. The summed E-state index contributed by atoms with van der Waals surface area (Å²) >= 11 is -0.208. The molecule has 1 fully saturated rings. The second-order valence-electron chi connectivity index (χ2n) is 11.0. The maximum absolute atomic E-state index is 13.8. The first-order valence-corrected chi connectivity index (χ1v) is 15.1. The van der Waals surface area contributed by atoms with E-state index in [9.17, 15) is 22.8 Å². The van der Waals surface area contributed by atoms with Gasteiger partial charge < -0.3 is 11.2 Å². The van der Waals surface area contributed by atoms with Crippen molar-refractivity contribution in [3.8, 4) is 0 Å². The predicted molar refractivity (Wildman–Crippen MR) is 167 cm³/mol. The summed E-state index contributed by atoms with van der Waals surface area (Å²) in [4.78, 5) is 28.0. The van der Waals surface area contributed by atoms with E-state index in [-0.39, 0.29) is 29.2 Å². The number of azo groups is 1. The summed E-state index contributed by atoms with van der Waals surface area (Å²) in [6.07, 6.45) is 10.8. The molecule has 1 saturated carbocycles. The van der Waals surface area contributed by atoms with Gasteiger partial charge in [0.05, 0.1) is 12.1 Å². The van der Waals surface area contributed by atoms with Crippen LogP contribution in [-0.2, 0) is 6.54 Å². The number of hydrogen-bond acceptors (Lipinski definition) is 6. The summed E-state index contributed by atoms with van der Waals surface area (Å²) in [7, 11) is 1.42. The van der Waals surface area contributed by atoms with Crippen molar-refractivity contribution in [3.63, 3.8) is 0 Å². The van der Waals surface area contributed by atoms with Gasteiger partial charge in [-0.05, 0) is 85.3 Å². The summed E-state index contributed by atoms with van der Waals surface area (Å²) in [6.45, 7) is 1.84. The van der Waals surface area contributed by atoms with Crippen LogP contribution in [0, 0.1) is 0 Å². The van der Waals surface area contributed by atoms with Gasteiger partial charge in [0.1, 0.15) is 0 Å². The average Bonchev–Trinajstić information content (AvgIpc) is 2.99. The molecule has 1 atom stereocenters. The summed E-state index contributed by atoms with van der Waals surface area (Å²) in [5, 5.41) is 15.9. The molecule has 0 bridgehead atoms. The van der Waals surface area contributed by atoms with Crippen LogP contribution < -0.4 is 21.4 Å². The lowest BCUT2D eigenvalue weighted by Gasteiger charge is -2.33. The molecule has 1 unspecified atom stereocenters. The first kappa shape index (κ1) is 32.8. The minimum absolute atomic E-state index is 0.0204. The second kappa shape index (κ2) is 14.6. The molecule has 13 heteroatoms. The number of carbonyl (C=O) groups excluding carboxylic acids is 2. The molecule has 44 heavy (non-hydrogen) atoms. The number of thioether (sulfide) groups is 1. The van der Waals surface area contributed by atoms with Gasteiger partial charge in [-0.2, -0.15) is 18.3 Å². The number of guanidine groups is 1. The maximum atomic E-state index is 13.8. The van der Waals surface area contributed by atoms with Crippen molar-refractivity contribution in [2.45, 2.75) is 69.0 Å². The third kappa shape index (κ3) is 9.18. The first-order chi connectivity index (χ1) is 21.0. The van der Waals surface area contributed by atoms with Gasteiger partial charge in [0.25, 0.3) is 11.9 Å². The smallest absolute Gasteiger partial charge is 0.329 e. The van der Waals surface area contributed by atoms with Gasteiger partial charge in [-0.15, -0.1) is 10.2 Å².